The van der Waals surface area contributed by atoms with E-state index in [2.05, 4.69) is 31.9 Å². The maximum Gasteiger partial charge on any atom is 0.245 e. The summed E-state index contributed by atoms with van der Waals surface area (Å²) in [4.78, 5) is 0.318. The van der Waals surface area contributed by atoms with Gasteiger partial charge in [-0.1, -0.05) is 0 Å². The van der Waals surface area contributed by atoms with Crippen LogP contribution in [0.2, 0.25) is 0 Å². The van der Waals surface area contributed by atoms with Gasteiger partial charge in [0.05, 0.1) is 7.57 Å². The van der Waals surface area contributed by atoms with Crippen LogP contribution < -0.4 is 5.73 Å². The summed E-state index contributed by atoms with van der Waals surface area (Å²) in [7, 11) is -3.39. The molecule has 0 aromatic carbocycles. The van der Waals surface area contributed by atoms with E-state index in [1.54, 1.807) is 6.07 Å². The first-order valence-electron chi connectivity index (χ1n) is 4.62. The van der Waals surface area contributed by atoms with Gasteiger partial charge in [-0.15, -0.1) is 11.3 Å². The highest BCUT2D eigenvalue weighted by molar-refractivity contribution is 9.12. The Balaban J connectivity index is 2.36. The quantitative estimate of drug-likeness (QED) is 0.841. The number of sulfonamides is 1. The number of hydrogen-bond acceptors (Lipinski definition) is 4. The molecule has 8 heteroatoms. The number of halogens is 2. The van der Waals surface area contributed by atoms with Crippen molar-refractivity contribution in [1.82, 2.24) is 4.31 Å². The average molecular weight is 390 g/mol. The van der Waals surface area contributed by atoms with Gasteiger partial charge in [0.25, 0.3) is 0 Å². The van der Waals surface area contributed by atoms with Crippen molar-refractivity contribution in [2.24, 2.45) is 5.73 Å². The highest BCUT2D eigenvalue weighted by atomic mass is 79.9. The Labute approximate surface area is 115 Å². The van der Waals surface area contributed by atoms with Crippen LogP contribution in [0.4, 0.5) is 0 Å². The third kappa shape index (κ3) is 2.37. The normalized spacial score (nSPS) is 22.8. The smallest absolute Gasteiger partial charge is 0.245 e. The molecule has 2 rings (SSSR count). The molecule has 16 heavy (non-hydrogen) atoms. The first-order valence-corrected chi connectivity index (χ1v) is 8.46. The SMILES string of the molecule is N[C@@H]1CCN(S(=O)(=O)c2cc(Br)sc2Br)C1. The maximum atomic E-state index is 12.2. The van der Waals surface area contributed by atoms with E-state index in [9.17, 15) is 8.42 Å². The number of rotatable bonds is 2. The molecule has 0 spiro atoms. The first-order chi connectivity index (χ1) is 7.41. The van der Waals surface area contributed by atoms with Crippen molar-refractivity contribution < 1.29 is 8.42 Å². The number of thiophene rings is 1. The fourth-order valence-electron chi connectivity index (χ4n) is 1.61. The fraction of sp³-hybridized carbons (Fsp3) is 0.500. The van der Waals surface area contributed by atoms with Crippen molar-refractivity contribution in [3.8, 4) is 0 Å². The van der Waals surface area contributed by atoms with Crippen molar-refractivity contribution in [1.29, 1.82) is 0 Å². The molecule has 0 amide bonds. The molecule has 1 fully saturated rings. The van der Waals surface area contributed by atoms with Gasteiger partial charge in [-0.05, 0) is 44.3 Å². The molecular weight excluding hydrogens is 380 g/mol. The molecule has 1 aliphatic rings. The highest BCUT2D eigenvalue weighted by Crippen LogP contribution is 2.36. The van der Waals surface area contributed by atoms with Crippen molar-refractivity contribution in [3.05, 3.63) is 13.6 Å². The zero-order chi connectivity index (χ0) is 11.9. The number of hydrogen-bond donors (Lipinski definition) is 1. The lowest BCUT2D eigenvalue weighted by Gasteiger charge is -2.14. The van der Waals surface area contributed by atoms with E-state index >= 15 is 0 Å². The van der Waals surface area contributed by atoms with Crippen molar-refractivity contribution in [2.45, 2.75) is 17.4 Å². The van der Waals surface area contributed by atoms with E-state index in [0.29, 0.717) is 21.8 Å². The Morgan fingerprint density at radius 1 is 1.50 bits per heavy atom. The summed E-state index contributed by atoms with van der Waals surface area (Å²) in [6.07, 6.45) is 0.724. The van der Waals surface area contributed by atoms with E-state index in [4.69, 9.17) is 5.73 Å². The zero-order valence-electron chi connectivity index (χ0n) is 8.19. The Kier molecular flexibility index (Phi) is 3.78. The summed E-state index contributed by atoms with van der Waals surface area (Å²) in [6, 6.07) is 1.57. The summed E-state index contributed by atoms with van der Waals surface area (Å²) in [6.45, 7) is 0.908. The molecule has 0 unspecified atom stereocenters. The van der Waals surface area contributed by atoms with E-state index in [1.807, 2.05) is 0 Å². The fourth-order valence-corrected chi connectivity index (χ4v) is 6.89. The van der Waals surface area contributed by atoms with Crippen LogP contribution in [0, 0.1) is 0 Å². The molecule has 0 aliphatic carbocycles. The molecule has 1 aromatic rings. The Morgan fingerprint density at radius 3 is 2.62 bits per heavy atom. The molecule has 0 bridgehead atoms. The van der Waals surface area contributed by atoms with Crippen LogP contribution in [0.3, 0.4) is 0 Å². The summed E-state index contributed by atoms with van der Waals surface area (Å²) in [5.74, 6) is 0. The second kappa shape index (κ2) is 4.66. The summed E-state index contributed by atoms with van der Waals surface area (Å²) in [5.41, 5.74) is 5.72. The van der Waals surface area contributed by atoms with Crippen molar-refractivity contribution in [3.63, 3.8) is 0 Å². The van der Waals surface area contributed by atoms with Gasteiger partial charge >= 0.3 is 0 Å². The topological polar surface area (TPSA) is 63.4 Å². The zero-order valence-corrected chi connectivity index (χ0v) is 13.0. The Bertz CT molecular complexity index is 500. The van der Waals surface area contributed by atoms with Crippen LogP contribution in [-0.2, 0) is 10.0 Å². The molecule has 1 saturated heterocycles. The minimum Gasteiger partial charge on any atom is -0.326 e. The van der Waals surface area contributed by atoms with E-state index < -0.39 is 10.0 Å². The van der Waals surface area contributed by atoms with Gasteiger partial charge in [0.1, 0.15) is 4.90 Å². The summed E-state index contributed by atoms with van der Waals surface area (Å²) in [5, 5.41) is 0. The minimum absolute atomic E-state index is 0.0457. The van der Waals surface area contributed by atoms with Crippen LogP contribution in [0.5, 0.6) is 0 Å². The Hall–Kier alpha value is 0.530. The van der Waals surface area contributed by atoms with E-state index in [1.165, 1.54) is 15.6 Å². The molecule has 2 heterocycles. The molecule has 2 N–H and O–H groups in total. The van der Waals surface area contributed by atoms with Gasteiger partial charge in [0.2, 0.25) is 10.0 Å². The largest absolute Gasteiger partial charge is 0.326 e. The van der Waals surface area contributed by atoms with Crippen LogP contribution in [0.1, 0.15) is 6.42 Å². The predicted octanol–water partition coefficient (Wildman–Crippen LogP) is 1.99. The average Bonchev–Trinajstić information content (AvgIpc) is 2.73. The molecular formula is C8H10Br2N2O2S2. The molecule has 4 nitrogen and oxygen atoms in total. The summed E-state index contributed by atoms with van der Waals surface area (Å²) >= 11 is 7.90. The highest BCUT2D eigenvalue weighted by Gasteiger charge is 2.33. The van der Waals surface area contributed by atoms with Crippen LogP contribution in [-0.4, -0.2) is 31.9 Å². The van der Waals surface area contributed by atoms with E-state index in [0.717, 1.165) is 10.2 Å². The van der Waals surface area contributed by atoms with Gasteiger partial charge in [-0.3, -0.25) is 0 Å². The molecule has 1 atom stereocenters. The van der Waals surface area contributed by atoms with Gasteiger partial charge < -0.3 is 5.73 Å². The van der Waals surface area contributed by atoms with Gasteiger partial charge in [-0.25, -0.2) is 8.42 Å². The van der Waals surface area contributed by atoms with Crippen LogP contribution >= 0.6 is 43.2 Å². The first kappa shape index (κ1) is 13.0. The Morgan fingerprint density at radius 2 is 2.19 bits per heavy atom. The monoisotopic (exact) mass is 388 g/mol. The predicted molar refractivity (Wildman–Crippen MR) is 71.1 cm³/mol. The molecule has 1 aliphatic heterocycles. The summed E-state index contributed by atoms with van der Waals surface area (Å²) < 4.78 is 27.3. The molecule has 1 aromatic heterocycles. The third-order valence-electron chi connectivity index (χ3n) is 2.43. The lowest BCUT2D eigenvalue weighted by molar-refractivity contribution is 0.472. The van der Waals surface area contributed by atoms with Crippen LogP contribution in [0.15, 0.2) is 18.5 Å². The standard InChI is InChI=1S/C8H10Br2N2O2S2/c9-7-3-6(8(10)15-7)16(13,14)12-2-1-5(11)4-12/h3,5H,1-2,4,11H2/t5-/m1/s1. The molecule has 90 valence electrons. The second-order valence-corrected chi connectivity index (χ2v) is 9.26. The van der Waals surface area contributed by atoms with Crippen LogP contribution in [0.25, 0.3) is 0 Å². The maximum absolute atomic E-state index is 12.2. The van der Waals surface area contributed by atoms with Gasteiger partial charge in [0.15, 0.2) is 0 Å². The lowest BCUT2D eigenvalue weighted by atomic mass is 10.3. The van der Waals surface area contributed by atoms with Gasteiger partial charge in [0, 0.05) is 19.1 Å². The van der Waals surface area contributed by atoms with Crippen molar-refractivity contribution in [2.75, 3.05) is 13.1 Å². The lowest BCUT2D eigenvalue weighted by Crippen LogP contribution is -2.31. The van der Waals surface area contributed by atoms with Gasteiger partial charge in [-0.2, -0.15) is 4.31 Å². The minimum atomic E-state index is -3.39. The van der Waals surface area contributed by atoms with Crippen molar-refractivity contribution >= 4 is 53.2 Å². The molecule has 0 saturated carbocycles. The number of nitrogens with two attached hydrogens (primary N) is 1. The third-order valence-corrected chi connectivity index (χ3v) is 7.05. The second-order valence-electron chi connectivity index (χ2n) is 3.60. The number of nitrogens with zero attached hydrogens (tertiary/aromatic N) is 1. The van der Waals surface area contributed by atoms with E-state index in [-0.39, 0.29) is 6.04 Å². The molecule has 0 radical (unpaired) electrons.